The molecule has 0 saturated carbocycles. The molecular formula is C16H22ClFN4O3. The van der Waals surface area contributed by atoms with Crippen LogP contribution >= 0.6 is 12.4 Å². The van der Waals surface area contributed by atoms with Gasteiger partial charge in [-0.05, 0) is 30.7 Å². The number of carbonyl (C=O) groups excluding carboxylic acids is 2. The summed E-state index contributed by atoms with van der Waals surface area (Å²) in [7, 11) is 0. The number of hydrogen-bond acceptors (Lipinski definition) is 5. The van der Waals surface area contributed by atoms with Crippen molar-refractivity contribution in [2.24, 2.45) is 5.73 Å². The zero-order valence-electron chi connectivity index (χ0n) is 13.7. The number of ether oxygens (including phenoxy) is 1. The number of cyclic esters (lactones) is 1. The predicted molar refractivity (Wildman–Crippen MR) is 94.8 cm³/mol. The van der Waals surface area contributed by atoms with Crippen LogP contribution in [0.4, 0.5) is 20.6 Å². The van der Waals surface area contributed by atoms with E-state index in [-0.39, 0.29) is 24.9 Å². The van der Waals surface area contributed by atoms with Gasteiger partial charge in [0.15, 0.2) is 6.30 Å². The van der Waals surface area contributed by atoms with Crippen LogP contribution in [0.5, 0.6) is 0 Å². The molecule has 0 aromatic heterocycles. The Hall–Kier alpha value is -2.06. The van der Waals surface area contributed by atoms with E-state index in [9.17, 15) is 14.0 Å². The van der Waals surface area contributed by atoms with Gasteiger partial charge in [-0.15, -0.1) is 12.4 Å². The van der Waals surface area contributed by atoms with Crippen molar-refractivity contribution in [2.45, 2.75) is 25.2 Å². The summed E-state index contributed by atoms with van der Waals surface area (Å²) in [5.41, 5.74) is 6.76. The maximum atomic E-state index is 13.4. The number of carbonyl (C=O) groups is 2. The minimum atomic E-state index is -1.03. The van der Waals surface area contributed by atoms with Crippen molar-refractivity contribution >= 4 is 35.8 Å². The zero-order valence-corrected chi connectivity index (χ0v) is 14.5. The number of piperazine rings is 1. The van der Waals surface area contributed by atoms with Gasteiger partial charge in [-0.3, -0.25) is 15.0 Å². The molecule has 2 atom stereocenters. The Kier molecular flexibility index (Phi) is 6.44. The monoisotopic (exact) mass is 372 g/mol. The molecule has 0 bridgehead atoms. The minimum absolute atomic E-state index is 0. The van der Waals surface area contributed by atoms with E-state index >= 15 is 0 Å². The molecule has 2 heterocycles. The Balaban J connectivity index is 0.00000225. The van der Waals surface area contributed by atoms with E-state index in [0.29, 0.717) is 26.1 Å². The molecule has 0 aliphatic carbocycles. The molecule has 2 aliphatic rings. The molecule has 2 saturated heterocycles. The first-order chi connectivity index (χ1) is 11.5. The highest BCUT2D eigenvalue weighted by molar-refractivity contribution is 5.90. The third-order valence-corrected chi connectivity index (χ3v) is 4.24. The largest absolute Gasteiger partial charge is 0.444 e. The smallest absolute Gasteiger partial charge is 0.414 e. The lowest BCUT2D eigenvalue weighted by Gasteiger charge is -2.31. The standard InChI is InChI=1S/C16H21FN4O3.ClH/c17-14-10-20(8-7-19-14)11-1-3-12(4-2-11)21-9-13(24-16(21)23)5-6-15(18)22;/h1-4,13-14,19H,5-10H2,(H2,18,22);1H. The number of nitrogens with one attached hydrogen (secondary N) is 1. The summed E-state index contributed by atoms with van der Waals surface area (Å²) in [6.07, 6.45) is -1.17. The van der Waals surface area contributed by atoms with E-state index in [4.69, 9.17) is 10.5 Å². The molecule has 2 unspecified atom stereocenters. The van der Waals surface area contributed by atoms with E-state index < -0.39 is 18.3 Å². The maximum Gasteiger partial charge on any atom is 0.414 e. The topological polar surface area (TPSA) is 87.9 Å². The molecular weight excluding hydrogens is 351 g/mol. The number of anilines is 2. The van der Waals surface area contributed by atoms with Gasteiger partial charge in [-0.25, -0.2) is 9.18 Å². The lowest BCUT2D eigenvalue weighted by molar-refractivity contribution is -0.118. The number of amides is 2. The van der Waals surface area contributed by atoms with Crippen molar-refractivity contribution in [1.29, 1.82) is 0 Å². The molecule has 1 aromatic carbocycles. The second-order valence-electron chi connectivity index (χ2n) is 6.01. The highest BCUT2D eigenvalue weighted by atomic mass is 35.5. The van der Waals surface area contributed by atoms with Gasteiger partial charge in [0.25, 0.3) is 0 Å². The Morgan fingerprint density at radius 2 is 1.96 bits per heavy atom. The van der Waals surface area contributed by atoms with Gasteiger partial charge < -0.3 is 15.4 Å². The minimum Gasteiger partial charge on any atom is -0.444 e. The van der Waals surface area contributed by atoms with Crippen LogP contribution in [0.1, 0.15) is 12.8 Å². The number of benzene rings is 1. The van der Waals surface area contributed by atoms with E-state index in [1.165, 1.54) is 4.90 Å². The molecule has 138 valence electrons. The number of nitrogens with zero attached hydrogens (tertiary/aromatic N) is 2. The fourth-order valence-corrected chi connectivity index (χ4v) is 2.97. The van der Waals surface area contributed by atoms with E-state index in [2.05, 4.69) is 5.32 Å². The quantitative estimate of drug-likeness (QED) is 0.763. The Morgan fingerprint density at radius 1 is 1.28 bits per heavy atom. The van der Waals surface area contributed by atoms with Crippen molar-refractivity contribution in [1.82, 2.24) is 5.32 Å². The summed E-state index contributed by atoms with van der Waals surface area (Å²) >= 11 is 0. The highest BCUT2D eigenvalue weighted by Crippen LogP contribution is 2.26. The molecule has 1 aromatic rings. The Labute approximate surface area is 151 Å². The molecule has 2 amide bonds. The van der Waals surface area contributed by atoms with E-state index in [0.717, 1.165) is 17.9 Å². The van der Waals surface area contributed by atoms with Gasteiger partial charge in [-0.1, -0.05) is 0 Å². The maximum absolute atomic E-state index is 13.4. The summed E-state index contributed by atoms with van der Waals surface area (Å²) in [6.45, 7) is 2.04. The summed E-state index contributed by atoms with van der Waals surface area (Å²) in [5, 5.41) is 2.76. The van der Waals surface area contributed by atoms with Crippen LogP contribution in [-0.2, 0) is 9.53 Å². The number of hydrogen-bond donors (Lipinski definition) is 2. The molecule has 0 radical (unpaired) electrons. The summed E-state index contributed by atoms with van der Waals surface area (Å²) in [5.74, 6) is -0.406. The predicted octanol–water partition coefficient (Wildman–Crippen LogP) is 1.40. The molecule has 3 N–H and O–H groups in total. The van der Waals surface area contributed by atoms with Gasteiger partial charge in [0.2, 0.25) is 5.91 Å². The first kappa shape index (κ1) is 19.3. The van der Waals surface area contributed by atoms with Crippen LogP contribution in [0.2, 0.25) is 0 Å². The first-order valence-corrected chi connectivity index (χ1v) is 8.02. The van der Waals surface area contributed by atoms with Crippen molar-refractivity contribution in [2.75, 3.05) is 36.0 Å². The van der Waals surface area contributed by atoms with E-state index in [1.54, 1.807) is 0 Å². The third-order valence-electron chi connectivity index (χ3n) is 4.24. The van der Waals surface area contributed by atoms with Crippen molar-refractivity contribution in [3.05, 3.63) is 24.3 Å². The number of rotatable bonds is 5. The third kappa shape index (κ3) is 4.73. The second kappa shape index (κ2) is 8.35. The SMILES string of the molecule is Cl.NC(=O)CCC1CN(c2ccc(N3CCNC(F)C3)cc2)C(=O)O1. The van der Waals surface area contributed by atoms with Gasteiger partial charge >= 0.3 is 6.09 Å². The molecule has 9 heteroatoms. The average Bonchev–Trinajstić information content (AvgIpc) is 2.94. The number of halogens is 2. The lowest BCUT2D eigenvalue weighted by atomic mass is 10.2. The molecule has 2 aliphatic heterocycles. The summed E-state index contributed by atoms with van der Waals surface area (Å²) in [4.78, 5) is 26.3. The Morgan fingerprint density at radius 3 is 2.60 bits per heavy atom. The molecule has 0 spiro atoms. The van der Waals surface area contributed by atoms with Crippen LogP contribution in [0.25, 0.3) is 0 Å². The van der Waals surface area contributed by atoms with Gasteiger partial charge in [0.1, 0.15) is 6.10 Å². The summed E-state index contributed by atoms with van der Waals surface area (Å²) in [6, 6.07) is 7.39. The normalized spacial score (nSPS) is 23.2. The van der Waals surface area contributed by atoms with Gasteiger partial charge in [0, 0.05) is 30.9 Å². The molecule has 2 fully saturated rings. The highest BCUT2D eigenvalue weighted by Gasteiger charge is 2.32. The summed E-state index contributed by atoms with van der Waals surface area (Å²) < 4.78 is 18.7. The van der Waals surface area contributed by atoms with Crippen molar-refractivity contribution < 1.29 is 18.7 Å². The van der Waals surface area contributed by atoms with Crippen LogP contribution < -0.4 is 20.9 Å². The van der Waals surface area contributed by atoms with Crippen molar-refractivity contribution in [3.63, 3.8) is 0 Å². The van der Waals surface area contributed by atoms with Crippen LogP contribution in [-0.4, -0.2) is 50.6 Å². The molecule has 7 nitrogen and oxygen atoms in total. The average molecular weight is 373 g/mol. The number of alkyl halides is 1. The second-order valence-corrected chi connectivity index (χ2v) is 6.01. The molecule has 25 heavy (non-hydrogen) atoms. The fourth-order valence-electron chi connectivity index (χ4n) is 2.97. The van der Waals surface area contributed by atoms with Crippen LogP contribution in [0.15, 0.2) is 24.3 Å². The zero-order chi connectivity index (χ0) is 17.1. The van der Waals surface area contributed by atoms with Gasteiger partial charge in [-0.2, -0.15) is 0 Å². The Bertz CT molecular complexity index is 616. The van der Waals surface area contributed by atoms with Gasteiger partial charge in [0.05, 0.1) is 13.1 Å². The fraction of sp³-hybridized carbons (Fsp3) is 0.500. The number of primary amides is 1. The van der Waals surface area contributed by atoms with Crippen molar-refractivity contribution in [3.8, 4) is 0 Å². The van der Waals surface area contributed by atoms with E-state index in [1.807, 2.05) is 29.2 Å². The number of nitrogens with two attached hydrogens (primary N) is 1. The molecule has 3 rings (SSSR count). The lowest BCUT2D eigenvalue weighted by Crippen LogP contribution is -2.48. The first-order valence-electron chi connectivity index (χ1n) is 8.02. The van der Waals surface area contributed by atoms with Crippen LogP contribution in [0.3, 0.4) is 0 Å². The van der Waals surface area contributed by atoms with Crippen LogP contribution in [0, 0.1) is 0 Å².